The summed E-state index contributed by atoms with van der Waals surface area (Å²) in [6.07, 6.45) is 0. The molecular formula is C9H12O3. The molecule has 2 N–H and O–H groups in total. The van der Waals surface area contributed by atoms with Crippen LogP contribution < -0.4 is 4.74 Å². The lowest BCUT2D eigenvalue weighted by Crippen LogP contribution is -2.26. The molecule has 0 fully saturated rings. The van der Waals surface area contributed by atoms with E-state index < -0.39 is 5.79 Å². The molecule has 66 valence electrons. The SMILES string of the molecule is CC(C)(O)Oc1cccc(O)c1. The summed E-state index contributed by atoms with van der Waals surface area (Å²) in [5.41, 5.74) is 0. The molecule has 0 heterocycles. The highest BCUT2D eigenvalue weighted by Gasteiger charge is 2.13. The number of phenols is 1. The molecule has 3 heteroatoms. The molecule has 0 radical (unpaired) electrons. The quantitative estimate of drug-likeness (QED) is 0.658. The molecule has 0 spiro atoms. The monoisotopic (exact) mass is 168 g/mol. The molecule has 1 aromatic rings. The fourth-order valence-electron chi connectivity index (χ4n) is 0.835. The minimum Gasteiger partial charge on any atom is -0.508 e. The molecule has 0 unspecified atom stereocenters. The van der Waals surface area contributed by atoms with Gasteiger partial charge in [-0.2, -0.15) is 0 Å². The van der Waals surface area contributed by atoms with E-state index in [1.54, 1.807) is 12.1 Å². The topological polar surface area (TPSA) is 49.7 Å². The van der Waals surface area contributed by atoms with Crippen molar-refractivity contribution in [3.63, 3.8) is 0 Å². The zero-order valence-corrected chi connectivity index (χ0v) is 7.11. The second-order valence-corrected chi connectivity index (χ2v) is 3.05. The number of hydrogen-bond acceptors (Lipinski definition) is 3. The van der Waals surface area contributed by atoms with Crippen LogP contribution in [0.4, 0.5) is 0 Å². The Kier molecular flexibility index (Phi) is 2.24. The molecule has 3 nitrogen and oxygen atoms in total. The molecule has 0 aliphatic carbocycles. The van der Waals surface area contributed by atoms with E-state index >= 15 is 0 Å². The first-order valence-corrected chi connectivity index (χ1v) is 3.68. The fourth-order valence-corrected chi connectivity index (χ4v) is 0.835. The van der Waals surface area contributed by atoms with E-state index in [0.717, 1.165) is 0 Å². The molecule has 0 aliphatic rings. The first-order chi connectivity index (χ1) is 5.47. The van der Waals surface area contributed by atoms with Crippen LogP contribution in [0.5, 0.6) is 11.5 Å². The van der Waals surface area contributed by atoms with Crippen molar-refractivity contribution in [2.75, 3.05) is 0 Å². The Hall–Kier alpha value is -1.22. The van der Waals surface area contributed by atoms with Gasteiger partial charge in [0.1, 0.15) is 11.5 Å². The molecule has 0 atom stereocenters. The van der Waals surface area contributed by atoms with Crippen molar-refractivity contribution in [2.24, 2.45) is 0 Å². The molecule has 1 rings (SSSR count). The van der Waals surface area contributed by atoms with Crippen molar-refractivity contribution in [1.29, 1.82) is 0 Å². The lowest BCUT2D eigenvalue weighted by Gasteiger charge is -2.19. The van der Waals surface area contributed by atoms with E-state index in [4.69, 9.17) is 9.84 Å². The Bertz CT molecular complexity index is 263. The first-order valence-electron chi connectivity index (χ1n) is 3.68. The van der Waals surface area contributed by atoms with Gasteiger partial charge in [0.25, 0.3) is 0 Å². The minimum absolute atomic E-state index is 0.122. The lowest BCUT2D eigenvalue weighted by molar-refractivity contribution is -0.104. The number of phenolic OH excluding ortho intramolecular Hbond substituents is 1. The van der Waals surface area contributed by atoms with Gasteiger partial charge >= 0.3 is 0 Å². The maximum absolute atomic E-state index is 9.26. The van der Waals surface area contributed by atoms with Gasteiger partial charge < -0.3 is 14.9 Å². The van der Waals surface area contributed by atoms with Gasteiger partial charge in [-0.15, -0.1) is 0 Å². The third-order valence-electron chi connectivity index (χ3n) is 1.19. The molecule has 0 saturated carbocycles. The normalized spacial score (nSPS) is 11.2. The average molecular weight is 168 g/mol. The van der Waals surface area contributed by atoms with Crippen molar-refractivity contribution < 1.29 is 14.9 Å². The summed E-state index contributed by atoms with van der Waals surface area (Å²) < 4.78 is 5.08. The molecular weight excluding hydrogens is 156 g/mol. The van der Waals surface area contributed by atoms with E-state index in [2.05, 4.69) is 0 Å². The Balaban J connectivity index is 2.77. The van der Waals surface area contributed by atoms with Crippen molar-refractivity contribution in [2.45, 2.75) is 19.6 Å². The zero-order chi connectivity index (χ0) is 9.19. The van der Waals surface area contributed by atoms with Gasteiger partial charge in [0.05, 0.1) is 0 Å². The highest BCUT2D eigenvalue weighted by Crippen LogP contribution is 2.20. The second-order valence-electron chi connectivity index (χ2n) is 3.05. The molecule has 0 saturated heterocycles. The molecule has 1 aromatic carbocycles. The van der Waals surface area contributed by atoms with E-state index in [9.17, 15) is 5.11 Å². The summed E-state index contributed by atoms with van der Waals surface area (Å²) in [5, 5.41) is 18.3. The van der Waals surface area contributed by atoms with Gasteiger partial charge in [0.2, 0.25) is 5.79 Å². The summed E-state index contributed by atoms with van der Waals surface area (Å²) in [4.78, 5) is 0. The highest BCUT2D eigenvalue weighted by molar-refractivity contribution is 5.31. The summed E-state index contributed by atoms with van der Waals surface area (Å²) in [5.74, 6) is -0.646. The molecule has 0 aromatic heterocycles. The fraction of sp³-hybridized carbons (Fsp3) is 0.333. The summed E-state index contributed by atoms with van der Waals surface area (Å²) in [7, 11) is 0. The van der Waals surface area contributed by atoms with Crippen LogP contribution in [0.1, 0.15) is 13.8 Å². The van der Waals surface area contributed by atoms with Gasteiger partial charge in [-0.05, 0) is 12.1 Å². The van der Waals surface area contributed by atoms with Crippen molar-refractivity contribution in [3.8, 4) is 11.5 Å². The molecule has 0 bridgehead atoms. The van der Waals surface area contributed by atoms with Gasteiger partial charge in [0, 0.05) is 19.9 Å². The van der Waals surface area contributed by atoms with Crippen LogP contribution >= 0.6 is 0 Å². The molecule has 12 heavy (non-hydrogen) atoms. The van der Waals surface area contributed by atoms with Crippen LogP contribution in [0.15, 0.2) is 24.3 Å². The van der Waals surface area contributed by atoms with Crippen LogP contribution in [0, 0.1) is 0 Å². The zero-order valence-electron chi connectivity index (χ0n) is 7.11. The standard InChI is InChI=1S/C9H12O3/c1-9(2,11)12-8-5-3-4-7(10)6-8/h3-6,10-11H,1-2H3. The van der Waals surface area contributed by atoms with Crippen LogP contribution in [0.2, 0.25) is 0 Å². The Morgan fingerprint density at radius 1 is 1.33 bits per heavy atom. The van der Waals surface area contributed by atoms with Crippen LogP contribution in [0.3, 0.4) is 0 Å². The molecule has 0 amide bonds. The number of hydrogen-bond donors (Lipinski definition) is 2. The van der Waals surface area contributed by atoms with Crippen molar-refractivity contribution in [3.05, 3.63) is 24.3 Å². The van der Waals surface area contributed by atoms with Crippen LogP contribution in [-0.4, -0.2) is 16.0 Å². The van der Waals surface area contributed by atoms with E-state index in [1.807, 2.05) is 0 Å². The van der Waals surface area contributed by atoms with Gasteiger partial charge in [-0.25, -0.2) is 0 Å². The van der Waals surface area contributed by atoms with Crippen molar-refractivity contribution >= 4 is 0 Å². The maximum atomic E-state index is 9.26. The van der Waals surface area contributed by atoms with Crippen molar-refractivity contribution in [1.82, 2.24) is 0 Å². The third kappa shape index (κ3) is 2.80. The number of ether oxygens (including phenoxy) is 1. The number of rotatable bonds is 2. The number of benzene rings is 1. The third-order valence-corrected chi connectivity index (χ3v) is 1.19. The van der Waals surface area contributed by atoms with E-state index in [1.165, 1.54) is 26.0 Å². The smallest absolute Gasteiger partial charge is 0.202 e. The minimum atomic E-state index is -1.21. The summed E-state index contributed by atoms with van der Waals surface area (Å²) >= 11 is 0. The number of aliphatic hydroxyl groups is 1. The summed E-state index contributed by atoms with van der Waals surface area (Å²) in [6.45, 7) is 3.05. The first kappa shape index (κ1) is 8.87. The predicted octanol–water partition coefficient (Wildman–Crippen LogP) is 1.50. The van der Waals surface area contributed by atoms with E-state index in [-0.39, 0.29) is 5.75 Å². The van der Waals surface area contributed by atoms with Crippen LogP contribution in [0.25, 0.3) is 0 Å². The second kappa shape index (κ2) is 3.03. The van der Waals surface area contributed by atoms with Gasteiger partial charge in [-0.1, -0.05) is 6.07 Å². The Morgan fingerprint density at radius 2 is 2.00 bits per heavy atom. The predicted molar refractivity (Wildman–Crippen MR) is 45.0 cm³/mol. The average Bonchev–Trinajstić information content (AvgIpc) is 1.82. The Labute approximate surface area is 71.2 Å². The van der Waals surface area contributed by atoms with E-state index in [0.29, 0.717) is 5.75 Å². The highest BCUT2D eigenvalue weighted by atomic mass is 16.6. The van der Waals surface area contributed by atoms with Gasteiger partial charge in [0.15, 0.2) is 0 Å². The summed E-state index contributed by atoms with van der Waals surface area (Å²) in [6, 6.07) is 6.29. The number of aromatic hydroxyl groups is 1. The molecule has 0 aliphatic heterocycles. The van der Waals surface area contributed by atoms with Gasteiger partial charge in [-0.3, -0.25) is 0 Å². The Morgan fingerprint density at radius 3 is 2.50 bits per heavy atom. The lowest BCUT2D eigenvalue weighted by atomic mass is 10.3. The largest absolute Gasteiger partial charge is 0.508 e. The maximum Gasteiger partial charge on any atom is 0.202 e. The van der Waals surface area contributed by atoms with Crippen LogP contribution in [-0.2, 0) is 0 Å².